The van der Waals surface area contributed by atoms with Gasteiger partial charge < -0.3 is 10.6 Å². The number of nitrogens with zero attached hydrogens (tertiary/aromatic N) is 3. The Kier molecular flexibility index (Phi) is 4.40. The minimum atomic E-state index is 0.538. The van der Waals surface area contributed by atoms with Crippen molar-refractivity contribution in [2.75, 3.05) is 18.4 Å². The molecule has 0 aliphatic carbocycles. The van der Waals surface area contributed by atoms with E-state index in [1.807, 2.05) is 25.1 Å². The largest absolute Gasteiger partial charge is 0.368 e. The maximum absolute atomic E-state index is 4.60. The summed E-state index contributed by atoms with van der Waals surface area (Å²) in [6, 6.07) is 6.41. The molecule has 0 bridgehead atoms. The molecule has 3 heterocycles. The Labute approximate surface area is 125 Å². The number of piperidine rings is 1. The van der Waals surface area contributed by atoms with E-state index in [0.717, 1.165) is 36.0 Å². The minimum Gasteiger partial charge on any atom is -0.368 e. The maximum Gasteiger partial charge on any atom is 0.163 e. The summed E-state index contributed by atoms with van der Waals surface area (Å²) in [4.78, 5) is 13.2. The van der Waals surface area contributed by atoms with Gasteiger partial charge in [0.2, 0.25) is 0 Å². The van der Waals surface area contributed by atoms with Gasteiger partial charge in [-0.2, -0.15) is 0 Å². The van der Waals surface area contributed by atoms with Crippen molar-refractivity contribution in [1.29, 1.82) is 0 Å². The Morgan fingerprint density at radius 2 is 2.29 bits per heavy atom. The molecule has 1 atom stereocenters. The quantitative estimate of drug-likeness (QED) is 0.902. The SMILES string of the molecule is Cc1cc(NC[C@@H]2CCCCN2)nc(-c2cccnc2)n1. The van der Waals surface area contributed by atoms with Crippen LogP contribution in [0, 0.1) is 6.92 Å². The number of aryl methyl sites for hydroxylation is 1. The smallest absolute Gasteiger partial charge is 0.163 e. The summed E-state index contributed by atoms with van der Waals surface area (Å²) in [5.41, 5.74) is 1.91. The first kappa shape index (κ1) is 13.9. The average molecular weight is 283 g/mol. The summed E-state index contributed by atoms with van der Waals surface area (Å²) in [7, 11) is 0. The van der Waals surface area contributed by atoms with Crippen LogP contribution in [0.3, 0.4) is 0 Å². The second kappa shape index (κ2) is 6.63. The molecule has 2 aromatic rings. The minimum absolute atomic E-state index is 0.538. The van der Waals surface area contributed by atoms with Gasteiger partial charge in [-0.3, -0.25) is 4.98 Å². The third kappa shape index (κ3) is 3.76. The molecular formula is C16H21N5. The fourth-order valence-corrected chi connectivity index (χ4v) is 2.61. The number of hydrogen-bond donors (Lipinski definition) is 2. The van der Waals surface area contributed by atoms with Crippen LogP contribution < -0.4 is 10.6 Å². The summed E-state index contributed by atoms with van der Waals surface area (Å²) in [5, 5.41) is 6.97. The van der Waals surface area contributed by atoms with E-state index in [9.17, 15) is 0 Å². The van der Waals surface area contributed by atoms with Gasteiger partial charge in [-0.25, -0.2) is 9.97 Å². The van der Waals surface area contributed by atoms with Crippen LogP contribution >= 0.6 is 0 Å². The summed E-state index contributed by atoms with van der Waals surface area (Å²) in [5.74, 6) is 1.61. The van der Waals surface area contributed by atoms with E-state index in [4.69, 9.17) is 0 Å². The highest BCUT2D eigenvalue weighted by atomic mass is 15.1. The first-order valence-corrected chi connectivity index (χ1v) is 7.54. The molecule has 2 aromatic heterocycles. The summed E-state index contributed by atoms with van der Waals surface area (Å²) < 4.78 is 0. The van der Waals surface area contributed by atoms with Crippen molar-refractivity contribution < 1.29 is 0 Å². The molecule has 21 heavy (non-hydrogen) atoms. The van der Waals surface area contributed by atoms with Gasteiger partial charge in [0, 0.05) is 42.3 Å². The molecule has 0 unspecified atom stereocenters. The predicted molar refractivity (Wildman–Crippen MR) is 84.1 cm³/mol. The molecule has 0 spiro atoms. The van der Waals surface area contributed by atoms with E-state index >= 15 is 0 Å². The van der Waals surface area contributed by atoms with Crippen LogP contribution in [-0.4, -0.2) is 34.1 Å². The molecule has 2 N–H and O–H groups in total. The monoisotopic (exact) mass is 283 g/mol. The lowest BCUT2D eigenvalue weighted by Crippen LogP contribution is -2.39. The number of hydrogen-bond acceptors (Lipinski definition) is 5. The van der Waals surface area contributed by atoms with E-state index in [1.54, 1.807) is 12.4 Å². The lowest BCUT2D eigenvalue weighted by Gasteiger charge is -2.23. The molecule has 1 aliphatic heterocycles. The zero-order chi connectivity index (χ0) is 14.5. The van der Waals surface area contributed by atoms with Crippen molar-refractivity contribution in [2.24, 2.45) is 0 Å². The molecule has 5 heteroatoms. The molecule has 5 nitrogen and oxygen atoms in total. The first-order chi connectivity index (χ1) is 10.3. The molecule has 0 saturated carbocycles. The molecule has 1 aliphatic rings. The molecular weight excluding hydrogens is 262 g/mol. The van der Waals surface area contributed by atoms with Crippen molar-refractivity contribution in [3.63, 3.8) is 0 Å². The number of rotatable bonds is 4. The van der Waals surface area contributed by atoms with Crippen molar-refractivity contribution in [2.45, 2.75) is 32.2 Å². The van der Waals surface area contributed by atoms with Crippen molar-refractivity contribution >= 4 is 5.82 Å². The zero-order valence-corrected chi connectivity index (χ0v) is 12.3. The van der Waals surface area contributed by atoms with Gasteiger partial charge in [-0.15, -0.1) is 0 Å². The Bertz CT molecular complexity index is 578. The Morgan fingerprint density at radius 3 is 3.05 bits per heavy atom. The van der Waals surface area contributed by atoms with Crippen LogP contribution in [0.25, 0.3) is 11.4 Å². The molecule has 1 fully saturated rings. The van der Waals surface area contributed by atoms with Crippen LogP contribution in [0.5, 0.6) is 0 Å². The Hall–Kier alpha value is -2.01. The van der Waals surface area contributed by atoms with Crippen molar-refractivity contribution in [3.05, 3.63) is 36.3 Å². The molecule has 0 amide bonds. The fraction of sp³-hybridized carbons (Fsp3) is 0.438. The first-order valence-electron chi connectivity index (χ1n) is 7.54. The van der Waals surface area contributed by atoms with Crippen LogP contribution in [0.2, 0.25) is 0 Å². The number of nitrogens with one attached hydrogen (secondary N) is 2. The van der Waals surface area contributed by atoms with Crippen LogP contribution in [0.15, 0.2) is 30.6 Å². The third-order valence-electron chi connectivity index (χ3n) is 3.72. The fourth-order valence-electron chi connectivity index (χ4n) is 2.61. The Balaban J connectivity index is 1.72. The molecule has 1 saturated heterocycles. The van der Waals surface area contributed by atoms with Crippen molar-refractivity contribution in [3.8, 4) is 11.4 Å². The number of pyridine rings is 1. The normalized spacial score (nSPS) is 18.4. The lowest BCUT2D eigenvalue weighted by atomic mass is 10.1. The van der Waals surface area contributed by atoms with E-state index in [1.165, 1.54) is 19.3 Å². The summed E-state index contributed by atoms with van der Waals surface area (Å²) in [6.07, 6.45) is 7.37. The molecule has 3 rings (SSSR count). The van der Waals surface area contributed by atoms with E-state index in [0.29, 0.717) is 6.04 Å². The Morgan fingerprint density at radius 1 is 1.33 bits per heavy atom. The van der Waals surface area contributed by atoms with Gasteiger partial charge in [0.15, 0.2) is 5.82 Å². The van der Waals surface area contributed by atoms with Crippen LogP contribution in [0.4, 0.5) is 5.82 Å². The predicted octanol–water partition coefficient (Wildman–Crippen LogP) is 2.40. The van der Waals surface area contributed by atoms with Gasteiger partial charge >= 0.3 is 0 Å². The second-order valence-corrected chi connectivity index (χ2v) is 5.49. The van der Waals surface area contributed by atoms with E-state index in [-0.39, 0.29) is 0 Å². The summed E-state index contributed by atoms with van der Waals surface area (Å²) >= 11 is 0. The third-order valence-corrected chi connectivity index (χ3v) is 3.72. The maximum atomic E-state index is 4.60. The zero-order valence-electron chi connectivity index (χ0n) is 12.3. The van der Waals surface area contributed by atoms with Crippen LogP contribution in [0.1, 0.15) is 25.0 Å². The number of anilines is 1. The molecule has 110 valence electrons. The van der Waals surface area contributed by atoms with Gasteiger partial charge in [-0.05, 0) is 38.4 Å². The topological polar surface area (TPSA) is 62.7 Å². The number of aromatic nitrogens is 3. The van der Waals surface area contributed by atoms with E-state index < -0.39 is 0 Å². The lowest BCUT2D eigenvalue weighted by molar-refractivity contribution is 0.414. The molecule has 0 radical (unpaired) electrons. The van der Waals surface area contributed by atoms with Gasteiger partial charge in [-0.1, -0.05) is 6.42 Å². The highest BCUT2D eigenvalue weighted by molar-refractivity contribution is 5.56. The highest BCUT2D eigenvalue weighted by Crippen LogP contribution is 2.17. The highest BCUT2D eigenvalue weighted by Gasteiger charge is 2.12. The van der Waals surface area contributed by atoms with E-state index in [2.05, 4.69) is 25.6 Å². The standard InChI is InChI=1S/C16H21N5/c1-12-9-15(19-11-14-6-2-3-8-18-14)21-16(20-12)13-5-4-7-17-10-13/h4-5,7,9-10,14,18H,2-3,6,8,11H2,1H3,(H,19,20,21)/t14-/m0/s1. The van der Waals surface area contributed by atoms with Gasteiger partial charge in [0.1, 0.15) is 5.82 Å². The average Bonchev–Trinajstić information content (AvgIpc) is 2.54. The summed E-state index contributed by atoms with van der Waals surface area (Å²) in [6.45, 7) is 4.02. The molecule has 0 aromatic carbocycles. The van der Waals surface area contributed by atoms with Gasteiger partial charge in [0.05, 0.1) is 0 Å². The second-order valence-electron chi connectivity index (χ2n) is 5.49. The van der Waals surface area contributed by atoms with Crippen molar-refractivity contribution in [1.82, 2.24) is 20.3 Å². The van der Waals surface area contributed by atoms with Gasteiger partial charge in [0.25, 0.3) is 0 Å². The van der Waals surface area contributed by atoms with Crippen LogP contribution in [-0.2, 0) is 0 Å².